The zero-order valence-electron chi connectivity index (χ0n) is 20.1. The van der Waals surface area contributed by atoms with Crippen LogP contribution in [0.5, 0.6) is 5.75 Å². The summed E-state index contributed by atoms with van der Waals surface area (Å²) in [4.78, 5) is 23.5. The molecule has 2 aliphatic rings. The van der Waals surface area contributed by atoms with E-state index in [4.69, 9.17) is 4.74 Å². The van der Waals surface area contributed by atoms with Crippen LogP contribution < -0.4 is 10.1 Å². The number of ether oxygens (including phenoxy) is 1. The Labute approximate surface area is 202 Å². The minimum Gasteiger partial charge on any atom is -0.492 e. The molecule has 3 aromatic rings. The van der Waals surface area contributed by atoms with E-state index in [9.17, 15) is 4.79 Å². The average molecular weight is 461 g/mol. The summed E-state index contributed by atoms with van der Waals surface area (Å²) < 4.78 is 6.11. The second-order valence-corrected chi connectivity index (χ2v) is 10.1. The number of carbonyl (C=O) groups excluding carboxylic acids is 1. The molecule has 2 N–H and O–H groups in total. The molecule has 1 saturated carbocycles. The summed E-state index contributed by atoms with van der Waals surface area (Å²) in [5, 5.41) is 4.63. The molecule has 1 aliphatic carbocycles. The molecule has 0 radical (unpaired) electrons. The summed E-state index contributed by atoms with van der Waals surface area (Å²) in [6.07, 6.45) is 10.7. The number of carbonyl (C=O) groups is 1. The first kappa shape index (κ1) is 22.9. The number of rotatable bonds is 7. The van der Waals surface area contributed by atoms with Crippen LogP contribution >= 0.6 is 0 Å². The van der Waals surface area contributed by atoms with Crippen molar-refractivity contribution in [1.82, 2.24) is 20.2 Å². The highest BCUT2D eigenvalue weighted by molar-refractivity contribution is 5.83. The van der Waals surface area contributed by atoms with Crippen LogP contribution in [-0.2, 0) is 11.3 Å². The van der Waals surface area contributed by atoms with Gasteiger partial charge in [-0.05, 0) is 49.9 Å². The van der Waals surface area contributed by atoms with Crippen molar-refractivity contribution in [3.63, 3.8) is 0 Å². The van der Waals surface area contributed by atoms with Gasteiger partial charge in [0.05, 0.1) is 18.7 Å². The number of piperidine rings is 1. The van der Waals surface area contributed by atoms with Crippen molar-refractivity contribution in [2.45, 2.75) is 58.0 Å². The number of fused-ring (bicyclic) bond motifs is 1. The molecule has 1 aliphatic heterocycles. The van der Waals surface area contributed by atoms with Crippen molar-refractivity contribution in [2.24, 2.45) is 11.8 Å². The Morgan fingerprint density at radius 3 is 2.82 bits per heavy atom. The molecule has 2 fully saturated rings. The van der Waals surface area contributed by atoms with Crippen LogP contribution in [0.1, 0.15) is 49.8 Å². The summed E-state index contributed by atoms with van der Waals surface area (Å²) in [6, 6.07) is 12.7. The summed E-state index contributed by atoms with van der Waals surface area (Å²) in [5.41, 5.74) is 3.42. The highest BCUT2D eigenvalue weighted by Crippen LogP contribution is 2.28. The van der Waals surface area contributed by atoms with Gasteiger partial charge in [0.15, 0.2) is 0 Å². The van der Waals surface area contributed by atoms with Crippen LogP contribution in [0.2, 0.25) is 0 Å². The number of H-pyrrole nitrogens is 1. The molecule has 34 heavy (non-hydrogen) atoms. The lowest BCUT2D eigenvalue weighted by molar-refractivity contribution is -0.128. The van der Waals surface area contributed by atoms with E-state index in [1.807, 2.05) is 19.1 Å². The third-order valence-electron chi connectivity index (χ3n) is 7.37. The lowest BCUT2D eigenvalue weighted by Crippen LogP contribution is -2.49. The van der Waals surface area contributed by atoms with Crippen molar-refractivity contribution >= 4 is 16.8 Å². The van der Waals surface area contributed by atoms with E-state index < -0.39 is 0 Å². The first-order chi connectivity index (χ1) is 16.6. The van der Waals surface area contributed by atoms with Crippen molar-refractivity contribution in [1.29, 1.82) is 0 Å². The Morgan fingerprint density at radius 2 is 2.00 bits per heavy atom. The van der Waals surface area contributed by atoms with Crippen LogP contribution in [0, 0.1) is 18.8 Å². The minimum atomic E-state index is -0.00868. The topological polar surface area (TPSA) is 70.2 Å². The third-order valence-corrected chi connectivity index (χ3v) is 7.37. The summed E-state index contributed by atoms with van der Waals surface area (Å²) >= 11 is 0. The van der Waals surface area contributed by atoms with Gasteiger partial charge in [0.2, 0.25) is 5.91 Å². The maximum absolute atomic E-state index is 13.3. The molecule has 6 heteroatoms. The van der Waals surface area contributed by atoms with Crippen LogP contribution in [-0.4, -0.2) is 46.5 Å². The maximum atomic E-state index is 13.3. The molecule has 3 heterocycles. The largest absolute Gasteiger partial charge is 0.492 e. The zero-order chi connectivity index (χ0) is 23.3. The lowest BCUT2D eigenvalue weighted by Gasteiger charge is -2.37. The van der Waals surface area contributed by atoms with E-state index in [-0.39, 0.29) is 11.8 Å². The van der Waals surface area contributed by atoms with Crippen molar-refractivity contribution < 1.29 is 9.53 Å². The molecule has 0 bridgehead atoms. The van der Waals surface area contributed by atoms with Gasteiger partial charge in [-0.1, -0.05) is 37.5 Å². The lowest BCUT2D eigenvalue weighted by atomic mass is 9.87. The molecule has 0 unspecified atom stereocenters. The highest BCUT2D eigenvalue weighted by atomic mass is 16.5. The smallest absolute Gasteiger partial charge is 0.224 e. The number of aromatic nitrogens is 2. The molecular formula is C28H36N4O2. The quantitative estimate of drug-likeness (QED) is 0.529. The van der Waals surface area contributed by atoms with Gasteiger partial charge in [-0.15, -0.1) is 0 Å². The number of nitrogens with one attached hydrogen (secondary N) is 2. The van der Waals surface area contributed by atoms with Gasteiger partial charge in [0, 0.05) is 54.4 Å². The second kappa shape index (κ2) is 10.6. The fourth-order valence-corrected chi connectivity index (χ4v) is 5.57. The molecule has 6 nitrogen and oxygen atoms in total. The van der Waals surface area contributed by atoms with Crippen LogP contribution in [0.4, 0.5) is 0 Å². The van der Waals surface area contributed by atoms with Gasteiger partial charge in [0.1, 0.15) is 5.75 Å². The SMILES string of the molecule is Cc1ccc(OC[C@H]2C[C@@H](C(=O)NC3CCCCC3)CN(Cc3c[nH]c4ccccc34)C2)cn1. The number of likely N-dealkylation sites (tertiary alicyclic amines) is 1. The Kier molecular flexibility index (Phi) is 7.14. The number of nitrogens with zero attached hydrogens (tertiary/aromatic N) is 2. The standard InChI is InChI=1S/C28H36N4O2/c1-20-11-12-25(15-29-20)34-19-21-13-22(28(33)31-24-7-3-2-4-8-24)17-32(16-21)18-23-14-30-27-10-6-5-9-26(23)27/h5-6,9-12,14-15,21-22,24,30H,2-4,7-8,13,16-19H2,1H3,(H,31,33)/t21-,22+/m0/s1. The molecule has 1 saturated heterocycles. The first-order valence-electron chi connectivity index (χ1n) is 12.8. The van der Waals surface area contributed by atoms with E-state index in [0.717, 1.165) is 55.9 Å². The number of aromatic amines is 1. The van der Waals surface area contributed by atoms with Gasteiger partial charge in [-0.3, -0.25) is 14.7 Å². The summed E-state index contributed by atoms with van der Waals surface area (Å²) in [7, 11) is 0. The third kappa shape index (κ3) is 5.61. The Bertz CT molecular complexity index is 1090. The summed E-state index contributed by atoms with van der Waals surface area (Å²) in [6.45, 7) is 5.12. The molecular weight excluding hydrogens is 424 g/mol. The van der Waals surface area contributed by atoms with Gasteiger partial charge in [-0.2, -0.15) is 0 Å². The predicted molar refractivity (Wildman–Crippen MR) is 135 cm³/mol. The second-order valence-electron chi connectivity index (χ2n) is 10.1. The van der Waals surface area contributed by atoms with Gasteiger partial charge < -0.3 is 15.0 Å². The molecule has 5 rings (SSSR count). The molecule has 0 spiro atoms. The maximum Gasteiger partial charge on any atom is 0.224 e. The number of hydrogen-bond acceptors (Lipinski definition) is 4. The van der Waals surface area contributed by atoms with Crippen LogP contribution in [0.3, 0.4) is 0 Å². The number of hydrogen-bond donors (Lipinski definition) is 2. The number of pyridine rings is 1. The van der Waals surface area contributed by atoms with Crippen LogP contribution in [0.15, 0.2) is 48.8 Å². The Balaban J connectivity index is 1.28. The number of benzene rings is 1. The molecule has 2 atom stereocenters. The van der Waals surface area contributed by atoms with Crippen molar-refractivity contribution in [3.05, 3.63) is 60.0 Å². The average Bonchev–Trinajstić information content (AvgIpc) is 3.27. The number of amides is 1. The van der Waals surface area contributed by atoms with Crippen molar-refractivity contribution in [3.8, 4) is 5.75 Å². The zero-order valence-corrected chi connectivity index (χ0v) is 20.1. The predicted octanol–water partition coefficient (Wildman–Crippen LogP) is 4.84. The number of para-hydroxylation sites is 1. The molecule has 1 amide bonds. The van der Waals surface area contributed by atoms with Crippen molar-refractivity contribution in [2.75, 3.05) is 19.7 Å². The summed E-state index contributed by atoms with van der Waals surface area (Å²) in [5.74, 6) is 1.30. The molecule has 1 aromatic carbocycles. The minimum absolute atomic E-state index is 0.00868. The fourth-order valence-electron chi connectivity index (χ4n) is 5.57. The Hall–Kier alpha value is -2.86. The van der Waals surface area contributed by atoms with Gasteiger partial charge in [-0.25, -0.2) is 0 Å². The molecule has 2 aromatic heterocycles. The van der Waals surface area contributed by atoms with Gasteiger partial charge in [0.25, 0.3) is 0 Å². The van der Waals surface area contributed by atoms with E-state index in [0.29, 0.717) is 18.6 Å². The van der Waals surface area contributed by atoms with E-state index >= 15 is 0 Å². The van der Waals surface area contributed by atoms with Gasteiger partial charge >= 0.3 is 0 Å². The Morgan fingerprint density at radius 1 is 1.15 bits per heavy atom. The first-order valence-corrected chi connectivity index (χ1v) is 12.8. The van der Waals surface area contributed by atoms with Crippen LogP contribution in [0.25, 0.3) is 10.9 Å². The van der Waals surface area contributed by atoms with E-state index in [1.165, 1.54) is 30.2 Å². The monoisotopic (exact) mass is 460 g/mol. The number of aryl methyl sites for hydroxylation is 1. The normalized spacial score (nSPS) is 22.0. The highest BCUT2D eigenvalue weighted by Gasteiger charge is 2.33. The van der Waals surface area contributed by atoms with E-state index in [1.54, 1.807) is 6.20 Å². The fraction of sp³-hybridized carbons (Fsp3) is 0.500. The van der Waals surface area contributed by atoms with E-state index in [2.05, 4.69) is 50.6 Å². The molecule has 180 valence electrons.